The van der Waals surface area contributed by atoms with E-state index in [1.165, 1.54) is 16.4 Å². The average Bonchev–Trinajstić information content (AvgIpc) is 2.35. The van der Waals surface area contributed by atoms with Crippen molar-refractivity contribution in [2.75, 3.05) is 19.7 Å². The molecule has 1 rings (SSSR count). The third kappa shape index (κ3) is 4.19. The highest BCUT2D eigenvalue weighted by molar-refractivity contribution is 7.89. The summed E-state index contributed by atoms with van der Waals surface area (Å²) in [5.41, 5.74) is 0. The second-order valence-electron chi connectivity index (χ2n) is 4.36. The van der Waals surface area contributed by atoms with Gasteiger partial charge in [-0.05, 0) is 38.1 Å². The van der Waals surface area contributed by atoms with E-state index >= 15 is 0 Å². The predicted octanol–water partition coefficient (Wildman–Crippen LogP) is 1.48. The maximum atomic E-state index is 12.3. The summed E-state index contributed by atoms with van der Waals surface area (Å²) in [6, 6.07) is 6.32. The van der Waals surface area contributed by atoms with Gasteiger partial charge >= 0.3 is 0 Å². The van der Waals surface area contributed by atoms with Gasteiger partial charge in [-0.1, -0.05) is 6.92 Å². The lowest BCUT2D eigenvalue weighted by atomic mass is 10.3. The van der Waals surface area contributed by atoms with Crippen molar-refractivity contribution in [3.8, 4) is 5.75 Å². The number of rotatable bonds is 7. The van der Waals surface area contributed by atoms with E-state index in [0.29, 0.717) is 12.3 Å². The van der Waals surface area contributed by atoms with Crippen molar-refractivity contribution in [3.63, 3.8) is 0 Å². The highest BCUT2D eigenvalue weighted by Crippen LogP contribution is 2.20. The van der Waals surface area contributed by atoms with Crippen LogP contribution < -0.4 is 4.74 Å². The Balaban J connectivity index is 2.95. The number of sulfonamides is 1. The van der Waals surface area contributed by atoms with Crippen LogP contribution in [0.3, 0.4) is 0 Å². The first-order valence-electron chi connectivity index (χ1n) is 6.29. The highest BCUT2D eigenvalue weighted by Gasteiger charge is 2.22. The number of hydrogen-bond donors (Lipinski definition) is 1. The number of nitrogens with zero attached hydrogens (tertiary/aromatic N) is 1. The monoisotopic (exact) mass is 287 g/mol. The van der Waals surface area contributed by atoms with Crippen molar-refractivity contribution >= 4 is 10.0 Å². The van der Waals surface area contributed by atoms with E-state index in [1.54, 1.807) is 19.1 Å². The molecule has 0 unspecified atom stereocenters. The molecule has 1 aromatic carbocycles. The molecule has 0 atom stereocenters. The maximum absolute atomic E-state index is 12.3. The van der Waals surface area contributed by atoms with E-state index in [4.69, 9.17) is 9.84 Å². The molecule has 108 valence electrons. The second-order valence-corrected chi connectivity index (χ2v) is 6.30. The van der Waals surface area contributed by atoms with Gasteiger partial charge in [-0.3, -0.25) is 0 Å². The van der Waals surface area contributed by atoms with Crippen molar-refractivity contribution in [1.82, 2.24) is 4.31 Å². The average molecular weight is 287 g/mol. The normalized spacial score (nSPS) is 12.1. The number of hydrogen-bond acceptors (Lipinski definition) is 4. The molecule has 0 aliphatic carbocycles. The van der Waals surface area contributed by atoms with Crippen LogP contribution in [0.25, 0.3) is 0 Å². The number of likely N-dealkylation sites (N-methyl/N-ethyl adjacent to an activating group) is 1. The van der Waals surface area contributed by atoms with Crippen molar-refractivity contribution in [2.45, 2.75) is 31.8 Å². The Morgan fingerprint density at radius 3 is 2.26 bits per heavy atom. The van der Waals surface area contributed by atoms with Crippen LogP contribution in [-0.2, 0) is 10.0 Å². The fourth-order valence-electron chi connectivity index (χ4n) is 1.67. The van der Waals surface area contributed by atoms with E-state index in [1.807, 2.05) is 13.8 Å². The molecule has 0 aliphatic heterocycles. The minimum atomic E-state index is -3.54. The molecule has 0 fully saturated rings. The molecule has 0 amide bonds. The first-order valence-corrected chi connectivity index (χ1v) is 7.73. The molecule has 1 aromatic rings. The van der Waals surface area contributed by atoms with Crippen LogP contribution >= 0.6 is 0 Å². The van der Waals surface area contributed by atoms with Gasteiger partial charge in [0.05, 0.1) is 17.6 Å². The Morgan fingerprint density at radius 1 is 1.26 bits per heavy atom. The Hall–Kier alpha value is -1.11. The summed E-state index contributed by atoms with van der Waals surface area (Å²) in [6.45, 7) is 5.79. The fourth-order valence-corrected chi connectivity index (χ4v) is 3.11. The van der Waals surface area contributed by atoms with Gasteiger partial charge in [0, 0.05) is 13.1 Å². The Morgan fingerprint density at radius 2 is 1.84 bits per heavy atom. The SMILES string of the molecule is CCN(CCO)S(=O)(=O)c1ccc(OC(C)C)cc1. The molecule has 0 spiro atoms. The minimum Gasteiger partial charge on any atom is -0.491 e. The quantitative estimate of drug-likeness (QED) is 0.825. The second kappa shape index (κ2) is 6.88. The van der Waals surface area contributed by atoms with Gasteiger partial charge in [0.1, 0.15) is 5.75 Å². The van der Waals surface area contributed by atoms with E-state index in [2.05, 4.69) is 0 Å². The molecule has 0 aliphatic rings. The van der Waals surface area contributed by atoms with Crippen LogP contribution in [0.4, 0.5) is 0 Å². The minimum absolute atomic E-state index is 0.0454. The molecule has 0 aromatic heterocycles. The topological polar surface area (TPSA) is 66.8 Å². The molecule has 19 heavy (non-hydrogen) atoms. The van der Waals surface area contributed by atoms with Gasteiger partial charge in [0.25, 0.3) is 0 Å². The molecule has 0 heterocycles. The summed E-state index contributed by atoms with van der Waals surface area (Å²) in [6.07, 6.45) is 0.0454. The number of aliphatic hydroxyl groups is 1. The molecule has 0 bridgehead atoms. The smallest absolute Gasteiger partial charge is 0.243 e. The lowest BCUT2D eigenvalue weighted by Gasteiger charge is -2.19. The van der Waals surface area contributed by atoms with Gasteiger partial charge in [-0.15, -0.1) is 0 Å². The zero-order valence-electron chi connectivity index (χ0n) is 11.5. The zero-order valence-corrected chi connectivity index (χ0v) is 12.4. The summed E-state index contributed by atoms with van der Waals surface area (Å²) in [5, 5.41) is 8.90. The molecule has 0 saturated heterocycles. The highest BCUT2D eigenvalue weighted by atomic mass is 32.2. The summed E-state index contributed by atoms with van der Waals surface area (Å²) in [4.78, 5) is 0.207. The zero-order chi connectivity index (χ0) is 14.5. The van der Waals surface area contributed by atoms with Crippen molar-refractivity contribution in [1.29, 1.82) is 0 Å². The van der Waals surface area contributed by atoms with Crippen LogP contribution in [0.2, 0.25) is 0 Å². The molecule has 5 nitrogen and oxygen atoms in total. The van der Waals surface area contributed by atoms with Crippen molar-refractivity contribution in [2.24, 2.45) is 0 Å². The van der Waals surface area contributed by atoms with Gasteiger partial charge in [0.15, 0.2) is 0 Å². The number of benzene rings is 1. The summed E-state index contributed by atoms with van der Waals surface area (Å²) >= 11 is 0. The van der Waals surface area contributed by atoms with Crippen molar-refractivity contribution in [3.05, 3.63) is 24.3 Å². The van der Waals surface area contributed by atoms with Crippen LogP contribution in [0.5, 0.6) is 5.75 Å². The fraction of sp³-hybridized carbons (Fsp3) is 0.538. The predicted molar refractivity (Wildman–Crippen MR) is 73.7 cm³/mol. The number of aliphatic hydroxyl groups excluding tert-OH is 1. The van der Waals surface area contributed by atoms with Crippen molar-refractivity contribution < 1.29 is 18.3 Å². The third-order valence-corrected chi connectivity index (χ3v) is 4.52. The Kier molecular flexibility index (Phi) is 5.78. The maximum Gasteiger partial charge on any atom is 0.243 e. The summed E-state index contributed by atoms with van der Waals surface area (Å²) in [5.74, 6) is 0.638. The lowest BCUT2D eigenvalue weighted by Crippen LogP contribution is -2.33. The largest absolute Gasteiger partial charge is 0.491 e. The van der Waals surface area contributed by atoms with Crippen LogP contribution in [0, 0.1) is 0 Å². The van der Waals surface area contributed by atoms with E-state index in [-0.39, 0.29) is 24.2 Å². The molecule has 1 N–H and O–H groups in total. The molecule has 0 saturated carbocycles. The standard InChI is InChI=1S/C13H21NO4S/c1-4-14(9-10-15)19(16,17)13-7-5-12(6-8-13)18-11(2)3/h5-8,11,15H,4,9-10H2,1-3H3. The van der Waals surface area contributed by atoms with Crippen LogP contribution in [-0.4, -0.2) is 43.6 Å². The third-order valence-electron chi connectivity index (χ3n) is 2.54. The molecule has 6 heteroatoms. The van der Waals surface area contributed by atoms with Gasteiger partial charge in [0.2, 0.25) is 10.0 Å². The first kappa shape index (κ1) is 15.9. The summed E-state index contributed by atoms with van der Waals surface area (Å²) < 4.78 is 31.2. The Labute approximate surface area is 114 Å². The van der Waals surface area contributed by atoms with E-state index in [0.717, 1.165) is 0 Å². The summed E-state index contributed by atoms with van der Waals surface area (Å²) in [7, 11) is -3.54. The lowest BCUT2D eigenvalue weighted by molar-refractivity contribution is 0.242. The van der Waals surface area contributed by atoms with E-state index in [9.17, 15) is 8.42 Å². The Bertz CT molecular complexity index is 482. The molecule has 0 radical (unpaired) electrons. The van der Waals surface area contributed by atoms with Gasteiger partial charge in [-0.25, -0.2) is 8.42 Å². The molecular formula is C13H21NO4S. The van der Waals surface area contributed by atoms with Gasteiger partial charge < -0.3 is 9.84 Å². The van der Waals surface area contributed by atoms with Gasteiger partial charge in [-0.2, -0.15) is 4.31 Å². The van der Waals surface area contributed by atoms with Crippen LogP contribution in [0.15, 0.2) is 29.2 Å². The van der Waals surface area contributed by atoms with E-state index < -0.39 is 10.0 Å². The van der Waals surface area contributed by atoms with Crippen LogP contribution in [0.1, 0.15) is 20.8 Å². The first-order chi connectivity index (χ1) is 8.91. The molecular weight excluding hydrogens is 266 g/mol. The number of ether oxygens (including phenoxy) is 1.